The van der Waals surface area contributed by atoms with Crippen molar-refractivity contribution in [2.24, 2.45) is 5.18 Å². The van der Waals surface area contributed by atoms with Gasteiger partial charge in [-0.1, -0.05) is 29.5 Å². The van der Waals surface area contributed by atoms with Gasteiger partial charge in [0, 0.05) is 5.69 Å². The Balaban J connectivity index is 1.95. The van der Waals surface area contributed by atoms with Gasteiger partial charge in [0.05, 0.1) is 6.20 Å². The number of benzene rings is 1. The van der Waals surface area contributed by atoms with E-state index in [-0.39, 0.29) is 5.00 Å². The predicted octanol–water partition coefficient (Wildman–Crippen LogP) is 3.19. The molecular weight excluding hydrogens is 240 g/mol. The molecule has 0 fully saturated rings. The van der Waals surface area contributed by atoms with E-state index in [0.717, 1.165) is 11.3 Å². The maximum Gasteiger partial charge on any atom is 0.325 e. The highest BCUT2D eigenvalue weighted by molar-refractivity contribution is 7.19. The first-order valence-corrected chi connectivity index (χ1v) is 5.52. The van der Waals surface area contributed by atoms with Gasteiger partial charge in [-0.25, -0.2) is 9.78 Å². The Morgan fingerprint density at radius 1 is 1.24 bits per heavy atom. The van der Waals surface area contributed by atoms with Crippen molar-refractivity contribution in [1.29, 1.82) is 0 Å². The molecule has 1 aromatic carbocycles. The van der Waals surface area contributed by atoms with Crippen LogP contribution in [0.1, 0.15) is 0 Å². The number of carbonyl (C=O) groups excluding carboxylic acids is 1. The standard InChI is InChI=1S/C10H8N4O2S/c15-9(12-7-4-2-1-3-5-7)13-10-11-6-8(14-16)17-10/h1-6H,(H2,11,12,13,15). The van der Waals surface area contributed by atoms with Gasteiger partial charge >= 0.3 is 6.03 Å². The Hall–Kier alpha value is -2.28. The van der Waals surface area contributed by atoms with Crippen LogP contribution in [0.15, 0.2) is 41.7 Å². The lowest BCUT2D eigenvalue weighted by molar-refractivity contribution is 0.262. The molecule has 0 spiro atoms. The van der Waals surface area contributed by atoms with Crippen LogP contribution in [-0.2, 0) is 0 Å². The van der Waals surface area contributed by atoms with E-state index in [1.54, 1.807) is 12.1 Å². The van der Waals surface area contributed by atoms with Gasteiger partial charge in [0.2, 0.25) is 0 Å². The molecule has 17 heavy (non-hydrogen) atoms. The molecule has 0 aliphatic heterocycles. The molecule has 0 radical (unpaired) electrons. The largest absolute Gasteiger partial charge is 0.325 e. The van der Waals surface area contributed by atoms with Crippen molar-refractivity contribution in [2.75, 3.05) is 10.6 Å². The average Bonchev–Trinajstić information content (AvgIpc) is 2.78. The van der Waals surface area contributed by atoms with E-state index in [1.807, 2.05) is 18.2 Å². The number of thiazole rings is 1. The third-order valence-electron chi connectivity index (χ3n) is 1.84. The molecule has 0 aliphatic rings. The second-order valence-corrected chi connectivity index (χ2v) is 4.05. The van der Waals surface area contributed by atoms with Crippen LogP contribution >= 0.6 is 11.3 Å². The number of nitroso groups, excluding NO2 is 1. The predicted molar refractivity (Wildman–Crippen MR) is 66.7 cm³/mol. The minimum Gasteiger partial charge on any atom is -0.308 e. The van der Waals surface area contributed by atoms with Gasteiger partial charge in [0.25, 0.3) is 0 Å². The number of nitrogens with zero attached hydrogens (tertiary/aromatic N) is 2. The molecule has 0 saturated carbocycles. The monoisotopic (exact) mass is 248 g/mol. The number of para-hydroxylation sites is 1. The van der Waals surface area contributed by atoms with Crippen molar-refractivity contribution in [2.45, 2.75) is 0 Å². The number of amides is 2. The third-order valence-corrected chi connectivity index (χ3v) is 2.63. The summed E-state index contributed by atoms with van der Waals surface area (Å²) in [6.07, 6.45) is 1.30. The summed E-state index contributed by atoms with van der Waals surface area (Å²) in [6, 6.07) is 8.59. The molecule has 0 bridgehead atoms. The molecule has 2 N–H and O–H groups in total. The number of anilines is 2. The van der Waals surface area contributed by atoms with E-state index in [4.69, 9.17) is 0 Å². The molecule has 1 aromatic heterocycles. The minimum atomic E-state index is -0.414. The molecule has 0 atom stereocenters. The summed E-state index contributed by atoms with van der Waals surface area (Å²) in [5, 5.41) is 8.40. The molecule has 6 nitrogen and oxygen atoms in total. The minimum absolute atomic E-state index is 0.222. The van der Waals surface area contributed by atoms with Crippen LogP contribution in [0.2, 0.25) is 0 Å². The molecule has 2 aromatic rings. The van der Waals surface area contributed by atoms with Gasteiger partial charge < -0.3 is 5.32 Å². The Morgan fingerprint density at radius 3 is 2.65 bits per heavy atom. The number of hydrogen-bond acceptors (Lipinski definition) is 5. The maximum absolute atomic E-state index is 11.5. The van der Waals surface area contributed by atoms with Crippen LogP contribution in [0.4, 0.5) is 20.6 Å². The zero-order chi connectivity index (χ0) is 12.1. The van der Waals surface area contributed by atoms with E-state index in [9.17, 15) is 9.70 Å². The topological polar surface area (TPSA) is 83.5 Å². The number of nitrogens with one attached hydrogen (secondary N) is 2. The van der Waals surface area contributed by atoms with Crippen LogP contribution in [0, 0.1) is 4.91 Å². The maximum atomic E-state index is 11.5. The van der Waals surface area contributed by atoms with E-state index >= 15 is 0 Å². The van der Waals surface area contributed by atoms with E-state index < -0.39 is 6.03 Å². The van der Waals surface area contributed by atoms with Gasteiger partial charge in [0.15, 0.2) is 10.1 Å². The molecule has 2 amide bonds. The van der Waals surface area contributed by atoms with E-state index in [2.05, 4.69) is 20.8 Å². The summed E-state index contributed by atoms with van der Waals surface area (Å²) in [5.41, 5.74) is 0.676. The lowest BCUT2D eigenvalue weighted by atomic mass is 10.3. The number of rotatable bonds is 3. The van der Waals surface area contributed by atoms with Gasteiger partial charge in [0.1, 0.15) is 0 Å². The molecule has 2 rings (SSSR count). The second kappa shape index (κ2) is 5.17. The second-order valence-electron chi connectivity index (χ2n) is 3.04. The zero-order valence-corrected chi connectivity index (χ0v) is 9.40. The molecule has 0 saturated heterocycles. The average molecular weight is 248 g/mol. The fourth-order valence-corrected chi connectivity index (χ4v) is 1.74. The highest BCUT2D eigenvalue weighted by atomic mass is 32.1. The van der Waals surface area contributed by atoms with Crippen LogP contribution in [-0.4, -0.2) is 11.0 Å². The van der Waals surface area contributed by atoms with Crippen molar-refractivity contribution >= 4 is 33.2 Å². The normalized spacial score (nSPS) is 9.65. The SMILES string of the molecule is O=Nc1cnc(NC(=O)Nc2ccccc2)s1. The number of carbonyl (C=O) groups is 1. The molecular formula is C10H8N4O2S. The van der Waals surface area contributed by atoms with Crippen molar-refractivity contribution in [3.05, 3.63) is 41.4 Å². The first-order chi connectivity index (χ1) is 8.28. The highest BCUT2D eigenvalue weighted by Crippen LogP contribution is 2.25. The van der Waals surface area contributed by atoms with E-state index in [0.29, 0.717) is 10.8 Å². The van der Waals surface area contributed by atoms with Crippen molar-refractivity contribution in [3.8, 4) is 0 Å². The fraction of sp³-hybridized carbons (Fsp3) is 0. The first-order valence-electron chi connectivity index (χ1n) is 4.70. The fourth-order valence-electron chi connectivity index (χ4n) is 1.15. The van der Waals surface area contributed by atoms with Crippen molar-refractivity contribution in [3.63, 3.8) is 0 Å². The lowest BCUT2D eigenvalue weighted by Gasteiger charge is -2.04. The summed E-state index contributed by atoms with van der Waals surface area (Å²) in [7, 11) is 0. The summed E-state index contributed by atoms with van der Waals surface area (Å²) in [6.45, 7) is 0. The van der Waals surface area contributed by atoms with Crippen molar-refractivity contribution < 1.29 is 4.79 Å². The smallest absolute Gasteiger partial charge is 0.308 e. The van der Waals surface area contributed by atoms with Gasteiger partial charge in [-0.05, 0) is 17.3 Å². The molecule has 0 unspecified atom stereocenters. The Kier molecular flexibility index (Phi) is 3.41. The van der Waals surface area contributed by atoms with Crippen LogP contribution in [0.25, 0.3) is 0 Å². The Bertz CT molecular complexity index is 526. The van der Waals surface area contributed by atoms with Crippen LogP contribution < -0.4 is 10.6 Å². The highest BCUT2D eigenvalue weighted by Gasteiger charge is 2.06. The Morgan fingerprint density at radius 2 is 2.00 bits per heavy atom. The lowest BCUT2D eigenvalue weighted by Crippen LogP contribution is -2.19. The van der Waals surface area contributed by atoms with Gasteiger partial charge in [-0.15, -0.1) is 4.91 Å². The summed E-state index contributed by atoms with van der Waals surface area (Å²) in [5.74, 6) is 0. The van der Waals surface area contributed by atoms with Gasteiger partial charge in [-0.3, -0.25) is 5.32 Å². The summed E-state index contributed by atoms with van der Waals surface area (Å²) < 4.78 is 0. The van der Waals surface area contributed by atoms with Crippen LogP contribution in [0.3, 0.4) is 0 Å². The summed E-state index contributed by atoms with van der Waals surface area (Å²) >= 11 is 1.01. The third kappa shape index (κ3) is 3.08. The van der Waals surface area contributed by atoms with Crippen LogP contribution in [0.5, 0.6) is 0 Å². The quantitative estimate of drug-likeness (QED) is 0.818. The summed E-state index contributed by atoms with van der Waals surface area (Å²) in [4.78, 5) is 25.5. The number of aromatic nitrogens is 1. The Labute approximate surface area is 101 Å². The molecule has 7 heteroatoms. The molecule has 1 heterocycles. The van der Waals surface area contributed by atoms with Gasteiger partial charge in [-0.2, -0.15) is 0 Å². The molecule has 0 aliphatic carbocycles. The molecule has 86 valence electrons. The number of hydrogen-bond donors (Lipinski definition) is 2. The van der Waals surface area contributed by atoms with Crippen molar-refractivity contribution in [1.82, 2.24) is 4.98 Å². The zero-order valence-electron chi connectivity index (χ0n) is 8.58. The number of urea groups is 1. The first kappa shape index (κ1) is 11.2. The van der Waals surface area contributed by atoms with E-state index in [1.165, 1.54) is 6.20 Å².